The van der Waals surface area contributed by atoms with Crippen molar-refractivity contribution < 1.29 is 9.59 Å². The van der Waals surface area contributed by atoms with Crippen LogP contribution in [0.1, 0.15) is 38.5 Å². The van der Waals surface area contributed by atoms with Crippen molar-refractivity contribution in [2.45, 2.75) is 38.5 Å². The van der Waals surface area contributed by atoms with Gasteiger partial charge < -0.3 is 16.4 Å². The zero-order valence-electron chi connectivity index (χ0n) is 12.7. The Morgan fingerprint density at radius 3 is 2.32 bits per heavy atom. The third-order valence-corrected chi connectivity index (χ3v) is 3.69. The van der Waals surface area contributed by atoms with Crippen LogP contribution in [0.5, 0.6) is 0 Å². The molecule has 0 unspecified atom stereocenters. The van der Waals surface area contributed by atoms with Gasteiger partial charge in [0, 0.05) is 29.5 Å². The molecule has 0 saturated carbocycles. The van der Waals surface area contributed by atoms with Crippen molar-refractivity contribution in [1.29, 1.82) is 0 Å². The highest BCUT2D eigenvalue weighted by Gasteiger charge is 2.05. The predicted molar refractivity (Wildman–Crippen MR) is 92.5 cm³/mol. The van der Waals surface area contributed by atoms with Gasteiger partial charge in [0.1, 0.15) is 0 Å². The Kier molecular flexibility index (Phi) is 9.50. The van der Waals surface area contributed by atoms with E-state index in [4.69, 9.17) is 5.73 Å². The summed E-state index contributed by atoms with van der Waals surface area (Å²) in [6.07, 6.45) is 4.76. The van der Waals surface area contributed by atoms with Crippen molar-refractivity contribution in [3.8, 4) is 0 Å². The maximum Gasteiger partial charge on any atom is 0.226 e. The minimum Gasteiger partial charge on any atom is -0.356 e. The van der Waals surface area contributed by atoms with E-state index < -0.39 is 0 Å². The third-order valence-electron chi connectivity index (χ3n) is 3.16. The first kappa shape index (κ1) is 18.6. The monoisotopic (exact) mass is 369 g/mol. The number of halogens is 1. The van der Waals surface area contributed by atoms with E-state index in [2.05, 4.69) is 26.6 Å². The molecule has 0 aliphatic carbocycles. The van der Waals surface area contributed by atoms with Crippen LogP contribution in [0.15, 0.2) is 28.7 Å². The van der Waals surface area contributed by atoms with Crippen LogP contribution in [0.25, 0.3) is 0 Å². The zero-order chi connectivity index (χ0) is 16.2. The zero-order valence-corrected chi connectivity index (χ0v) is 14.3. The summed E-state index contributed by atoms with van der Waals surface area (Å²) in [5, 5.41) is 5.55. The van der Waals surface area contributed by atoms with Crippen LogP contribution in [-0.4, -0.2) is 24.9 Å². The fourth-order valence-corrected chi connectivity index (χ4v) is 2.21. The molecule has 0 fully saturated rings. The normalized spacial score (nSPS) is 10.3. The van der Waals surface area contributed by atoms with Crippen LogP contribution in [0.4, 0.5) is 5.69 Å². The second kappa shape index (κ2) is 11.2. The quantitative estimate of drug-likeness (QED) is 0.554. The number of unbranched alkanes of at least 4 members (excludes halogenated alkanes) is 3. The molecule has 22 heavy (non-hydrogen) atoms. The number of anilines is 1. The van der Waals surface area contributed by atoms with Crippen LogP contribution in [0, 0.1) is 0 Å². The van der Waals surface area contributed by atoms with E-state index in [9.17, 15) is 9.59 Å². The fourth-order valence-electron chi connectivity index (χ4n) is 1.94. The summed E-state index contributed by atoms with van der Waals surface area (Å²) in [6, 6.07) is 7.37. The van der Waals surface area contributed by atoms with E-state index in [1.54, 1.807) is 0 Å². The molecular formula is C16H24BrN3O2. The van der Waals surface area contributed by atoms with Crippen LogP contribution >= 0.6 is 15.9 Å². The minimum atomic E-state index is -0.106. The Hall–Kier alpha value is -1.40. The summed E-state index contributed by atoms with van der Waals surface area (Å²) in [5.41, 5.74) is 6.16. The molecule has 0 spiro atoms. The molecule has 6 heteroatoms. The molecular weight excluding hydrogens is 346 g/mol. The Morgan fingerprint density at radius 1 is 0.955 bits per heavy atom. The van der Waals surface area contributed by atoms with Crippen LogP contribution in [-0.2, 0) is 9.59 Å². The number of rotatable bonds is 10. The van der Waals surface area contributed by atoms with Crippen molar-refractivity contribution in [3.05, 3.63) is 28.7 Å². The summed E-state index contributed by atoms with van der Waals surface area (Å²) in [5.74, 6) is -0.102. The average Bonchev–Trinajstić information content (AvgIpc) is 2.49. The van der Waals surface area contributed by atoms with Crippen molar-refractivity contribution >= 4 is 33.4 Å². The van der Waals surface area contributed by atoms with Crippen molar-refractivity contribution in [2.75, 3.05) is 18.4 Å². The number of nitrogens with one attached hydrogen (secondary N) is 2. The number of nitrogens with two attached hydrogens (primary N) is 1. The number of hydrogen-bond acceptors (Lipinski definition) is 3. The molecule has 2 amide bonds. The van der Waals surface area contributed by atoms with Crippen molar-refractivity contribution in [2.24, 2.45) is 5.73 Å². The molecule has 0 heterocycles. The second-order valence-electron chi connectivity index (χ2n) is 5.11. The number of benzene rings is 1. The van der Waals surface area contributed by atoms with Gasteiger partial charge in [-0.25, -0.2) is 0 Å². The van der Waals surface area contributed by atoms with Gasteiger partial charge in [0.05, 0.1) is 0 Å². The third kappa shape index (κ3) is 8.79. The Labute approximate surface area is 140 Å². The highest BCUT2D eigenvalue weighted by atomic mass is 79.9. The van der Waals surface area contributed by atoms with E-state index in [1.165, 1.54) is 0 Å². The predicted octanol–water partition coefficient (Wildman–Crippen LogP) is 2.80. The molecule has 5 nitrogen and oxygen atoms in total. The highest BCUT2D eigenvalue weighted by Crippen LogP contribution is 2.14. The molecule has 0 saturated heterocycles. The Bertz CT molecular complexity index is 463. The molecule has 0 aliphatic rings. The number of hydrogen-bond donors (Lipinski definition) is 3. The lowest BCUT2D eigenvalue weighted by Gasteiger charge is -2.07. The molecule has 0 aromatic heterocycles. The highest BCUT2D eigenvalue weighted by molar-refractivity contribution is 9.10. The number of carbonyl (C=O) groups is 2. The molecule has 0 aliphatic heterocycles. The van der Waals surface area contributed by atoms with Crippen molar-refractivity contribution in [3.63, 3.8) is 0 Å². The lowest BCUT2D eigenvalue weighted by Crippen LogP contribution is -2.27. The van der Waals surface area contributed by atoms with Crippen LogP contribution in [0.2, 0.25) is 0 Å². The largest absolute Gasteiger partial charge is 0.356 e. The van der Waals surface area contributed by atoms with Gasteiger partial charge in [-0.3, -0.25) is 9.59 Å². The van der Waals surface area contributed by atoms with Gasteiger partial charge in [0.25, 0.3) is 0 Å². The van der Waals surface area contributed by atoms with Gasteiger partial charge in [0.15, 0.2) is 0 Å². The minimum absolute atomic E-state index is 0.00388. The summed E-state index contributed by atoms with van der Waals surface area (Å²) in [4.78, 5) is 23.3. The van der Waals surface area contributed by atoms with Gasteiger partial charge in [-0.2, -0.15) is 0 Å². The lowest BCUT2D eigenvalue weighted by atomic mass is 10.1. The molecule has 1 rings (SSSR count). The summed E-state index contributed by atoms with van der Waals surface area (Å²) in [6.45, 7) is 1.07. The first-order valence-electron chi connectivity index (χ1n) is 7.64. The number of carbonyl (C=O) groups excluding carboxylic acids is 2. The van der Waals surface area contributed by atoms with Gasteiger partial charge in [0.2, 0.25) is 11.8 Å². The van der Waals surface area contributed by atoms with E-state index in [0.717, 1.165) is 35.8 Å². The molecule has 1 aromatic rings. The van der Waals surface area contributed by atoms with E-state index in [0.29, 0.717) is 19.5 Å². The summed E-state index contributed by atoms with van der Waals surface area (Å²) < 4.78 is 0.962. The van der Waals surface area contributed by atoms with Gasteiger partial charge in [-0.15, -0.1) is 0 Å². The van der Waals surface area contributed by atoms with Gasteiger partial charge in [-0.05, 0) is 43.7 Å². The summed E-state index contributed by atoms with van der Waals surface area (Å²) in [7, 11) is 0. The maximum absolute atomic E-state index is 11.7. The van der Waals surface area contributed by atoms with Gasteiger partial charge in [-0.1, -0.05) is 28.8 Å². The molecule has 1 aromatic carbocycles. The Balaban J connectivity index is 2.09. The number of amides is 2. The molecule has 0 radical (unpaired) electrons. The molecule has 122 valence electrons. The van der Waals surface area contributed by atoms with Gasteiger partial charge >= 0.3 is 0 Å². The molecule has 0 atom stereocenters. The van der Waals surface area contributed by atoms with E-state index in [1.807, 2.05) is 24.3 Å². The maximum atomic E-state index is 11.7. The van der Waals surface area contributed by atoms with Crippen LogP contribution < -0.4 is 16.4 Å². The van der Waals surface area contributed by atoms with Crippen molar-refractivity contribution in [1.82, 2.24) is 5.32 Å². The Morgan fingerprint density at radius 2 is 1.64 bits per heavy atom. The first-order valence-corrected chi connectivity index (χ1v) is 8.43. The second-order valence-corrected chi connectivity index (χ2v) is 6.02. The first-order chi connectivity index (χ1) is 10.6. The SMILES string of the molecule is NCCCCCCC(=O)NCCC(=O)Nc1ccc(Br)cc1. The standard InChI is InChI=1S/C16H24BrN3O2/c17-13-6-8-14(9-7-13)20-16(22)10-12-19-15(21)5-3-1-2-4-11-18/h6-9H,1-5,10-12,18H2,(H,19,21)(H,20,22). The van der Waals surface area contributed by atoms with E-state index >= 15 is 0 Å². The topological polar surface area (TPSA) is 84.2 Å². The smallest absolute Gasteiger partial charge is 0.226 e. The lowest BCUT2D eigenvalue weighted by molar-refractivity contribution is -0.121. The summed E-state index contributed by atoms with van der Waals surface area (Å²) >= 11 is 3.34. The molecule has 0 bridgehead atoms. The molecule has 4 N–H and O–H groups in total. The van der Waals surface area contributed by atoms with E-state index in [-0.39, 0.29) is 18.2 Å². The fraction of sp³-hybridized carbons (Fsp3) is 0.500. The average molecular weight is 370 g/mol. The van der Waals surface area contributed by atoms with Crippen LogP contribution in [0.3, 0.4) is 0 Å².